The van der Waals surface area contributed by atoms with Gasteiger partial charge in [-0.1, -0.05) is 17.7 Å². The van der Waals surface area contributed by atoms with E-state index in [4.69, 9.17) is 11.6 Å². The molecule has 1 atom stereocenters. The second-order valence-electron chi connectivity index (χ2n) is 5.13. The van der Waals surface area contributed by atoms with Gasteiger partial charge in [-0.15, -0.1) is 0 Å². The summed E-state index contributed by atoms with van der Waals surface area (Å²) in [5.41, 5.74) is -1.06. The van der Waals surface area contributed by atoms with Crippen molar-refractivity contribution >= 4 is 17.5 Å². The largest absolute Gasteiger partial charge is 0.412 e. The molecule has 0 saturated heterocycles. The molecule has 0 aliphatic heterocycles. The number of rotatable bonds is 3. The highest BCUT2D eigenvalue weighted by Gasteiger charge is 2.42. The Morgan fingerprint density at radius 3 is 2.58 bits per heavy atom. The third-order valence-electron chi connectivity index (χ3n) is 3.41. The van der Waals surface area contributed by atoms with E-state index in [-0.39, 0.29) is 16.1 Å². The minimum absolute atomic E-state index is 0.113. The van der Waals surface area contributed by atoms with Crippen LogP contribution in [0.4, 0.5) is 13.2 Å². The second kappa shape index (κ2) is 6.64. The minimum atomic E-state index is -4.76. The van der Waals surface area contributed by atoms with Crippen LogP contribution in [0.25, 0.3) is 0 Å². The van der Waals surface area contributed by atoms with E-state index >= 15 is 0 Å². The number of hydrogen-bond donors (Lipinski definition) is 2. The SMILES string of the molecule is Cc1[nH]c(=O)c(C(=O)N[C@H](c2cccnc2)C(F)(F)F)c(C)c1Cl. The van der Waals surface area contributed by atoms with Crippen LogP contribution in [0.1, 0.15) is 33.2 Å². The highest BCUT2D eigenvalue weighted by atomic mass is 35.5. The number of aryl methyl sites for hydroxylation is 1. The molecule has 0 aromatic carbocycles. The first-order chi connectivity index (χ1) is 11.1. The predicted octanol–water partition coefficient (Wildman–Crippen LogP) is 3.07. The molecule has 0 saturated carbocycles. The molecule has 24 heavy (non-hydrogen) atoms. The molecule has 0 bridgehead atoms. The summed E-state index contributed by atoms with van der Waals surface area (Å²) in [7, 11) is 0. The number of hydrogen-bond acceptors (Lipinski definition) is 3. The van der Waals surface area contributed by atoms with Crippen molar-refractivity contribution in [3.05, 3.63) is 62.3 Å². The molecule has 0 radical (unpaired) electrons. The maximum absolute atomic E-state index is 13.3. The Balaban J connectivity index is 2.44. The zero-order valence-electron chi connectivity index (χ0n) is 12.7. The maximum atomic E-state index is 13.3. The van der Waals surface area contributed by atoms with E-state index in [2.05, 4.69) is 9.97 Å². The van der Waals surface area contributed by atoms with Crippen LogP contribution in [0.3, 0.4) is 0 Å². The molecule has 0 aliphatic rings. The first-order valence-electron chi connectivity index (χ1n) is 6.79. The van der Waals surface area contributed by atoms with Crippen molar-refractivity contribution in [1.29, 1.82) is 0 Å². The van der Waals surface area contributed by atoms with Crippen LogP contribution in [0, 0.1) is 13.8 Å². The molecule has 0 unspecified atom stereocenters. The van der Waals surface area contributed by atoms with E-state index in [0.717, 1.165) is 6.20 Å². The molecular weight excluding hydrogens is 347 g/mol. The van der Waals surface area contributed by atoms with Gasteiger partial charge < -0.3 is 10.3 Å². The van der Waals surface area contributed by atoms with Crippen LogP contribution in [0.15, 0.2) is 29.3 Å². The maximum Gasteiger partial charge on any atom is 0.412 e. The smallest absolute Gasteiger partial charge is 0.336 e. The number of carbonyl (C=O) groups is 1. The topological polar surface area (TPSA) is 74.8 Å². The molecule has 0 aliphatic carbocycles. The van der Waals surface area contributed by atoms with Crippen LogP contribution in [-0.2, 0) is 0 Å². The molecule has 0 spiro atoms. The molecule has 2 aromatic rings. The average molecular weight is 360 g/mol. The Morgan fingerprint density at radius 1 is 1.38 bits per heavy atom. The fourth-order valence-electron chi connectivity index (χ4n) is 2.23. The van der Waals surface area contributed by atoms with Gasteiger partial charge in [-0.3, -0.25) is 14.6 Å². The standard InChI is InChI=1S/C15H13ClF3N3O2/c1-7-10(13(23)21-8(2)11(7)16)14(24)22-12(15(17,18)19)9-4-3-5-20-6-9/h3-6,12H,1-2H3,(H,21,23)(H,22,24)/t12-/m1/s1. The van der Waals surface area contributed by atoms with Gasteiger partial charge in [0.15, 0.2) is 6.04 Å². The van der Waals surface area contributed by atoms with Crippen molar-refractivity contribution in [3.63, 3.8) is 0 Å². The molecule has 128 valence electrons. The average Bonchev–Trinajstić information content (AvgIpc) is 2.50. The Bertz CT molecular complexity index is 819. The van der Waals surface area contributed by atoms with Gasteiger partial charge in [0.1, 0.15) is 5.56 Å². The van der Waals surface area contributed by atoms with Crippen LogP contribution in [-0.4, -0.2) is 22.1 Å². The number of aromatic amines is 1. The predicted molar refractivity (Wildman–Crippen MR) is 82.0 cm³/mol. The van der Waals surface area contributed by atoms with Crippen LogP contribution >= 0.6 is 11.6 Å². The molecule has 9 heteroatoms. The summed E-state index contributed by atoms with van der Waals surface area (Å²) in [5.74, 6) is -1.16. The van der Waals surface area contributed by atoms with Gasteiger partial charge in [0, 0.05) is 23.7 Å². The summed E-state index contributed by atoms with van der Waals surface area (Å²) < 4.78 is 39.8. The minimum Gasteiger partial charge on any atom is -0.336 e. The molecule has 2 heterocycles. The lowest BCUT2D eigenvalue weighted by Gasteiger charge is -2.22. The highest BCUT2D eigenvalue weighted by Crippen LogP contribution is 2.32. The molecule has 2 N–H and O–H groups in total. The van der Waals surface area contributed by atoms with E-state index < -0.39 is 29.2 Å². The summed E-state index contributed by atoms with van der Waals surface area (Å²) in [6, 6.07) is 0.212. The summed E-state index contributed by atoms with van der Waals surface area (Å²) in [4.78, 5) is 30.2. The zero-order valence-corrected chi connectivity index (χ0v) is 13.4. The molecule has 0 fully saturated rings. The number of halogens is 4. The lowest BCUT2D eigenvalue weighted by atomic mass is 10.1. The first-order valence-corrected chi connectivity index (χ1v) is 7.17. The number of carbonyl (C=O) groups excluding carboxylic acids is 1. The number of nitrogens with zero attached hydrogens (tertiary/aromatic N) is 1. The number of aromatic nitrogens is 2. The van der Waals surface area contributed by atoms with Gasteiger partial charge >= 0.3 is 6.18 Å². The molecule has 2 rings (SSSR count). The lowest BCUT2D eigenvalue weighted by Crippen LogP contribution is -2.40. The Labute approximate surface area is 139 Å². The van der Waals surface area contributed by atoms with E-state index in [1.165, 1.54) is 32.2 Å². The van der Waals surface area contributed by atoms with Gasteiger partial charge in [-0.05, 0) is 25.5 Å². The van der Waals surface area contributed by atoms with Gasteiger partial charge in [-0.25, -0.2) is 0 Å². The summed E-state index contributed by atoms with van der Waals surface area (Å²) >= 11 is 5.96. The summed E-state index contributed by atoms with van der Waals surface area (Å²) in [6.45, 7) is 2.92. The fourth-order valence-corrected chi connectivity index (χ4v) is 2.37. The van der Waals surface area contributed by atoms with Crippen LogP contribution < -0.4 is 10.9 Å². The molecular formula is C15H13ClF3N3O2. The second-order valence-corrected chi connectivity index (χ2v) is 5.51. The first kappa shape index (κ1) is 18.0. The number of alkyl halides is 3. The van der Waals surface area contributed by atoms with E-state index in [1.807, 2.05) is 5.32 Å². The fraction of sp³-hybridized carbons (Fsp3) is 0.267. The van der Waals surface area contributed by atoms with Gasteiger partial charge in [0.05, 0.1) is 5.02 Å². The normalized spacial score (nSPS) is 12.8. The zero-order chi connectivity index (χ0) is 18.1. The summed E-state index contributed by atoms with van der Waals surface area (Å²) in [5, 5.41) is 1.95. The third-order valence-corrected chi connectivity index (χ3v) is 3.98. The van der Waals surface area contributed by atoms with Crippen molar-refractivity contribution in [2.24, 2.45) is 0 Å². The van der Waals surface area contributed by atoms with Crippen molar-refractivity contribution in [2.45, 2.75) is 26.1 Å². The number of pyridine rings is 2. The Kier molecular flexibility index (Phi) is 4.98. The number of H-pyrrole nitrogens is 1. The molecule has 5 nitrogen and oxygen atoms in total. The highest BCUT2D eigenvalue weighted by molar-refractivity contribution is 6.32. The van der Waals surface area contributed by atoms with E-state index in [1.54, 1.807) is 0 Å². The number of amides is 1. The quantitative estimate of drug-likeness (QED) is 0.884. The van der Waals surface area contributed by atoms with E-state index in [0.29, 0.717) is 5.69 Å². The summed E-state index contributed by atoms with van der Waals surface area (Å²) in [6.07, 6.45) is -2.45. The van der Waals surface area contributed by atoms with Crippen molar-refractivity contribution in [3.8, 4) is 0 Å². The van der Waals surface area contributed by atoms with Gasteiger partial charge in [0.2, 0.25) is 0 Å². The molecule has 2 aromatic heterocycles. The van der Waals surface area contributed by atoms with Crippen LogP contribution in [0.2, 0.25) is 5.02 Å². The van der Waals surface area contributed by atoms with Gasteiger partial charge in [-0.2, -0.15) is 13.2 Å². The lowest BCUT2D eigenvalue weighted by molar-refractivity contribution is -0.155. The van der Waals surface area contributed by atoms with Crippen molar-refractivity contribution in [1.82, 2.24) is 15.3 Å². The Morgan fingerprint density at radius 2 is 2.04 bits per heavy atom. The Hall–Kier alpha value is -2.35. The van der Waals surface area contributed by atoms with Crippen LogP contribution in [0.5, 0.6) is 0 Å². The monoisotopic (exact) mass is 359 g/mol. The van der Waals surface area contributed by atoms with Gasteiger partial charge in [0.25, 0.3) is 11.5 Å². The third kappa shape index (κ3) is 3.59. The van der Waals surface area contributed by atoms with Crippen molar-refractivity contribution in [2.75, 3.05) is 0 Å². The number of nitrogens with one attached hydrogen (secondary N) is 2. The molecule has 1 amide bonds. The van der Waals surface area contributed by atoms with E-state index in [9.17, 15) is 22.8 Å². The van der Waals surface area contributed by atoms with Crippen molar-refractivity contribution < 1.29 is 18.0 Å².